The van der Waals surface area contributed by atoms with E-state index in [0.717, 1.165) is 0 Å². The Morgan fingerprint density at radius 3 is 1.28 bits per heavy atom. The first-order valence-electron chi connectivity index (χ1n) is 8.91. The minimum absolute atomic E-state index is 0.0643. The fourth-order valence-corrected chi connectivity index (χ4v) is 5.94. The molecule has 164 valence electrons. The summed E-state index contributed by atoms with van der Waals surface area (Å²) >= 11 is 0. The van der Waals surface area contributed by atoms with Gasteiger partial charge in [0, 0.05) is 0 Å². The molecule has 0 unspecified atom stereocenters. The van der Waals surface area contributed by atoms with Crippen molar-refractivity contribution in [3.63, 3.8) is 0 Å². The lowest BCUT2D eigenvalue weighted by molar-refractivity contribution is -0.183. The van der Waals surface area contributed by atoms with Crippen LogP contribution in [-0.4, -0.2) is 64.8 Å². The molecule has 0 radical (unpaired) electrons. The topological polar surface area (TPSA) is 142 Å². The van der Waals surface area contributed by atoms with Crippen molar-refractivity contribution >= 4 is 27.6 Å². The second-order valence-corrected chi connectivity index (χ2v) is 11.7. The van der Waals surface area contributed by atoms with Crippen LogP contribution in [0.5, 0.6) is 0 Å². The molecule has 6 fully saturated rings. The van der Waals surface area contributed by atoms with E-state index in [2.05, 4.69) is 0 Å². The number of phosphoric acid groups is 2. The molecule has 0 amide bonds. The summed E-state index contributed by atoms with van der Waals surface area (Å²) in [5, 5.41) is 0. The number of fused-ring (bicyclic) bond motifs is 6. The molecule has 6 heterocycles. The number of carbonyl (C=O) groups excluding carboxylic acids is 2. The Morgan fingerprint density at radius 1 is 0.724 bits per heavy atom. The SMILES string of the molecule is CC(C)(C(=O)OCC12COP(=O)(OC1)OC2)C(=O)OCC12COP(=O)(OC1)OC2. The maximum absolute atomic E-state index is 12.5. The van der Waals surface area contributed by atoms with E-state index in [4.69, 9.17) is 36.6 Å². The van der Waals surface area contributed by atoms with Gasteiger partial charge in [0.05, 0.1) is 50.5 Å². The van der Waals surface area contributed by atoms with Crippen molar-refractivity contribution in [2.45, 2.75) is 13.8 Å². The van der Waals surface area contributed by atoms with Crippen LogP contribution in [0.3, 0.4) is 0 Å². The van der Waals surface area contributed by atoms with E-state index in [1.54, 1.807) is 0 Å². The number of rotatable bonds is 6. The van der Waals surface area contributed by atoms with Gasteiger partial charge in [0.1, 0.15) is 13.2 Å². The molecule has 29 heavy (non-hydrogen) atoms. The number of hydrogen-bond acceptors (Lipinski definition) is 12. The molecular formula is C15H22O12P2. The molecule has 0 spiro atoms. The number of hydrogen-bond donors (Lipinski definition) is 0. The highest BCUT2D eigenvalue weighted by Gasteiger charge is 2.53. The van der Waals surface area contributed by atoms with Crippen molar-refractivity contribution in [2.24, 2.45) is 16.2 Å². The molecule has 0 N–H and O–H groups in total. The zero-order chi connectivity index (χ0) is 21.0. The molecule has 6 aliphatic rings. The lowest BCUT2D eigenvalue weighted by Crippen LogP contribution is -2.50. The van der Waals surface area contributed by atoms with E-state index in [-0.39, 0.29) is 52.9 Å². The fourth-order valence-electron chi connectivity index (χ4n) is 2.90. The van der Waals surface area contributed by atoms with Crippen molar-refractivity contribution in [2.75, 3.05) is 52.9 Å². The van der Waals surface area contributed by atoms with Crippen LogP contribution in [0.2, 0.25) is 0 Å². The quantitative estimate of drug-likeness (QED) is 0.324. The van der Waals surface area contributed by atoms with Crippen LogP contribution in [0.15, 0.2) is 0 Å². The van der Waals surface area contributed by atoms with Crippen LogP contribution in [0, 0.1) is 16.2 Å². The first-order chi connectivity index (χ1) is 13.5. The van der Waals surface area contributed by atoms with Gasteiger partial charge in [0.2, 0.25) is 0 Å². The Morgan fingerprint density at radius 2 is 1.00 bits per heavy atom. The maximum Gasteiger partial charge on any atom is 0.474 e. The first-order valence-corrected chi connectivity index (χ1v) is 11.8. The molecule has 6 rings (SSSR count). The third kappa shape index (κ3) is 4.05. The molecule has 6 saturated heterocycles. The summed E-state index contributed by atoms with van der Waals surface area (Å²) in [6, 6.07) is 0. The van der Waals surface area contributed by atoms with Gasteiger partial charge in [0.25, 0.3) is 0 Å². The van der Waals surface area contributed by atoms with Gasteiger partial charge in [-0.1, -0.05) is 0 Å². The van der Waals surface area contributed by atoms with E-state index in [0.29, 0.717) is 0 Å². The second kappa shape index (κ2) is 7.10. The van der Waals surface area contributed by atoms with Gasteiger partial charge in [0.15, 0.2) is 5.41 Å². The second-order valence-electron chi connectivity index (χ2n) is 8.31. The van der Waals surface area contributed by atoms with Crippen molar-refractivity contribution in [3.05, 3.63) is 0 Å². The molecule has 0 aromatic heterocycles. The molecule has 4 bridgehead atoms. The normalized spacial score (nSPS) is 41.2. The Labute approximate surface area is 166 Å². The van der Waals surface area contributed by atoms with Crippen LogP contribution in [0.4, 0.5) is 0 Å². The molecule has 0 aromatic rings. The average Bonchev–Trinajstić information content (AvgIpc) is 2.72. The summed E-state index contributed by atoms with van der Waals surface area (Å²) in [6.45, 7) is 2.89. The monoisotopic (exact) mass is 456 g/mol. The highest BCUT2D eigenvalue weighted by molar-refractivity contribution is 7.48. The molecule has 0 atom stereocenters. The van der Waals surface area contributed by atoms with Crippen LogP contribution in [-0.2, 0) is 55.3 Å². The zero-order valence-corrected chi connectivity index (χ0v) is 17.7. The summed E-state index contributed by atoms with van der Waals surface area (Å²) in [6.07, 6.45) is 0. The third-order valence-corrected chi connectivity index (χ3v) is 7.88. The van der Waals surface area contributed by atoms with Gasteiger partial charge in [-0.15, -0.1) is 0 Å². The molecule has 12 nitrogen and oxygen atoms in total. The number of carbonyl (C=O) groups is 2. The van der Waals surface area contributed by atoms with Crippen molar-refractivity contribution in [1.82, 2.24) is 0 Å². The lowest BCUT2D eigenvalue weighted by Gasteiger charge is -2.44. The Balaban J connectivity index is 1.29. The molecule has 0 saturated carbocycles. The van der Waals surface area contributed by atoms with Crippen molar-refractivity contribution in [3.8, 4) is 0 Å². The van der Waals surface area contributed by atoms with E-state index < -0.39 is 43.8 Å². The summed E-state index contributed by atoms with van der Waals surface area (Å²) in [5.74, 6) is -1.59. The van der Waals surface area contributed by atoms with Crippen LogP contribution < -0.4 is 0 Å². The predicted octanol–water partition coefficient (Wildman–Crippen LogP) is 1.44. The third-order valence-electron chi connectivity index (χ3n) is 5.21. The van der Waals surface area contributed by atoms with Crippen molar-refractivity contribution in [1.29, 1.82) is 0 Å². The summed E-state index contributed by atoms with van der Waals surface area (Å²) < 4.78 is 64.4. The Hall–Kier alpha value is -0.840. The highest BCUT2D eigenvalue weighted by atomic mass is 31.2. The van der Waals surface area contributed by atoms with Gasteiger partial charge in [-0.25, -0.2) is 9.13 Å². The van der Waals surface area contributed by atoms with Crippen LogP contribution >= 0.6 is 15.6 Å². The summed E-state index contributed by atoms with van der Waals surface area (Å²) in [7, 11) is -6.93. The number of phosphoric ester groups is 2. The van der Waals surface area contributed by atoms with E-state index in [1.807, 2.05) is 0 Å². The first kappa shape index (κ1) is 21.4. The zero-order valence-electron chi connectivity index (χ0n) is 16.0. The minimum atomic E-state index is -3.46. The largest absolute Gasteiger partial charge is 0.474 e. The van der Waals surface area contributed by atoms with Gasteiger partial charge in [-0.05, 0) is 13.8 Å². The van der Waals surface area contributed by atoms with Crippen molar-refractivity contribution < 1.29 is 55.3 Å². The Bertz CT molecular complexity index is 681. The predicted molar refractivity (Wildman–Crippen MR) is 91.5 cm³/mol. The van der Waals surface area contributed by atoms with Gasteiger partial charge in [-0.2, -0.15) is 0 Å². The number of ether oxygens (including phenoxy) is 2. The van der Waals surface area contributed by atoms with Gasteiger partial charge < -0.3 is 9.47 Å². The smallest absolute Gasteiger partial charge is 0.464 e. The van der Waals surface area contributed by atoms with Crippen LogP contribution in [0.1, 0.15) is 13.8 Å². The van der Waals surface area contributed by atoms with Gasteiger partial charge in [-0.3, -0.25) is 36.7 Å². The van der Waals surface area contributed by atoms with E-state index in [9.17, 15) is 18.7 Å². The lowest BCUT2D eigenvalue weighted by atomic mass is 9.90. The Kier molecular flexibility index (Phi) is 5.24. The molecule has 0 aromatic carbocycles. The summed E-state index contributed by atoms with van der Waals surface area (Å²) in [4.78, 5) is 25.0. The van der Waals surface area contributed by atoms with Gasteiger partial charge >= 0.3 is 27.6 Å². The summed E-state index contributed by atoms with van der Waals surface area (Å²) in [5.41, 5.74) is -3.13. The molecular weight excluding hydrogens is 434 g/mol. The molecule has 14 heteroatoms. The van der Waals surface area contributed by atoms with E-state index in [1.165, 1.54) is 13.8 Å². The standard InChI is InChI=1S/C15H22O12P2/c1-13(2,11(16)20-3-14-5-22-28(18,23-6-14)24-7-14)12(17)21-4-15-8-25-29(19,26-9-15)27-10-15/h3-10H2,1-2H3. The number of esters is 2. The van der Waals surface area contributed by atoms with E-state index >= 15 is 0 Å². The average molecular weight is 456 g/mol. The maximum atomic E-state index is 12.5. The fraction of sp³-hybridized carbons (Fsp3) is 0.867. The van der Waals surface area contributed by atoms with Crippen LogP contribution in [0.25, 0.3) is 0 Å². The minimum Gasteiger partial charge on any atom is -0.464 e. The molecule has 6 aliphatic heterocycles. The highest BCUT2D eigenvalue weighted by Crippen LogP contribution is 2.60. The molecule has 0 aliphatic carbocycles.